The number of carbonyl (C=O) groups is 1. The maximum atomic E-state index is 12.6. The molecule has 0 atom stereocenters. The van der Waals surface area contributed by atoms with E-state index in [1.807, 2.05) is 43.3 Å². The number of amides is 1. The molecule has 0 spiro atoms. The summed E-state index contributed by atoms with van der Waals surface area (Å²) in [5.74, 6) is 0. The van der Waals surface area contributed by atoms with Crippen molar-refractivity contribution in [1.82, 2.24) is 10.3 Å². The third-order valence-corrected chi connectivity index (χ3v) is 6.26. The molecule has 0 bridgehead atoms. The number of ether oxygens (including phenoxy) is 1. The van der Waals surface area contributed by atoms with Crippen molar-refractivity contribution in [2.75, 3.05) is 24.6 Å². The van der Waals surface area contributed by atoms with Crippen LogP contribution in [0.4, 0.5) is 10.5 Å². The van der Waals surface area contributed by atoms with Crippen LogP contribution >= 0.6 is 0 Å². The maximum absolute atomic E-state index is 12.6. The quantitative estimate of drug-likeness (QED) is 0.369. The van der Waals surface area contributed by atoms with Gasteiger partial charge in [-0.15, -0.1) is 0 Å². The number of pyridine rings is 1. The second kappa shape index (κ2) is 10.5. The van der Waals surface area contributed by atoms with Crippen LogP contribution in [0, 0.1) is 6.92 Å². The van der Waals surface area contributed by atoms with Gasteiger partial charge in [-0.2, -0.15) is 0 Å². The summed E-state index contributed by atoms with van der Waals surface area (Å²) in [6.07, 6.45) is 1.25. The summed E-state index contributed by atoms with van der Waals surface area (Å²) < 4.78 is 10.9. The molecule has 0 radical (unpaired) electrons. The molecule has 0 aliphatic heterocycles. The van der Waals surface area contributed by atoms with Gasteiger partial charge in [0.25, 0.3) is 5.56 Å². The smallest absolute Gasteiger partial charge is 0.407 e. The summed E-state index contributed by atoms with van der Waals surface area (Å²) in [7, 11) is 0. The van der Waals surface area contributed by atoms with Crippen molar-refractivity contribution in [2.24, 2.45) is 0 Å². The molecule has 0 unspecified atom stereocenters. The van der Waals surface area contributed by atoms with Crippen LogP contribution in [0.5, 0.6) is 0 Å². The Labute approximate surface area is 202 Å². The van der Waals surface area contributed by atoms with Gasteiger partial charge in [0.05, 0.1) is 6.61 Å². The molecular formula is C27H29N3O5. The minimum absolute atomic E-state index is 0.0395. The molecule has 0 fully saturated rings. The van der Waals surface area contributed by atoms with Gasteiger partial charge in [0.15, 0.2) is 0 Å². The van der Waals surface area contributed by atoms with E-state index in [-0.39, 0.29) is 25.1 Å². The molecular weight excluding hydrogens is 446 g/mol. The average Bonchev–Trinajstić information content (AvgIpc) is 2.85. The number of aryl methyl sites for hydroxylation is 1. The Hall–Kier alpha value is -4.07. The normalized spacial score (nSPS) is 11.1. The average molecular weight is 476 g/mol. The van der Waals surface area contributed by atoms with Gasteiger partial charge in [-0.3, -0.25) is 4.79 Å². The maximum Gasteiger partial charge on any atom is 0.407 e. The lowest BCUT2D eigenvalue weighted by Gasteiger charge is -2.21. The zero-order chi connectivity index (χ0) is 24.9. The van der Waals surface area contributed by atoms with Crippen LogP contribution in [0.2, 0.25) is 0 Å². The number of benzene rings is 2. The van der Waals surface area contributed by atoms with E-state index >= 15 is 0 Å². The van der Waals surface area contributed by atoms with Gasteiger partial charge in [0.2, 0.25) is 0 Å². The predicted molar refractivity (Wildman–Crippen MR) is 137 cm³/mol. The monoisotopic (exact) mass is 475 g/mol. The van der Waals surface area contributed by atoms with Crippen LogP contribution in [0.15, 0.2) is 62.7 Å². The van der Waals surface area contributed by atoms with Crippen LogP contribution in [-0.2, 0) is 17.7 Å². The molecule has 1 amide bonds. The number of carbonyl (C=O) groups excluding carboxylic acids is 1. The van der Waals surface area contributed by atoms with E-state index in [1.54, 1.807) is 12.3 Å². The number of fused-ring (bicyclic) bond motifs is 2. The fourth-order valence-corrected chi connectivity index (χ4v) is 4.27. The third kappa shape index (κ3) is 5.21. The van der Waals surface area contributed by atoms with Crippen molar-refractivity contribution in [3.8, 4) is 0 Å². The molecule has 8 heteroatoms. The van der Waals surface area contributed by atoms with E-state index < -0.39 is 11.7 Å². The van der Waals surface area contributed by atoms with Crippen molar-refractivity contribution >= 4 is 33.5 Å². The zero-order valence-corrected chi connectivity index (χ0v) is 20.1. The van der Waals surface area contributed by atoms with E-state index in [4.69, 9.17) is 9.15 Å². The van der Waals surface area contributed by atoms with Gasteiger partial charge in [0.1, 0.15) is 5.58 Å². The van der Waals surface area contributed by atoms with E-state index in [9.17, 15) is 14.4 Å². The van der Waals surface area contributed by atoms with Crippen LogP contribution in [0.25, 0.3) is 21.7 Å². The lowest BCUT2D eigenvalue weighted by molar-refractivity contribution is 0.146. The molecule has 0 saturated carbocycles. The molecule has 0 saturated heterocycles. The van der Waals surface area contributed by atoms with Crippen LogP contribution in [0.3, 0.4) is 0 Å². The number of hydrogen-bond donors (Lipinski definition) is 2. The largest absolute Gasteiger partial charge is 0.449 e. The van der Waals surface area contributed by atoms with Crippen molar-refractivity contribution in [1.29, 1.82) is 0 Å². The molecule has 0 aliphatic rings. The first kappa shape index (κ1) is 24.1. The van der Waals surface area contributed by atoms with Gasteiger partial charge in [-0.25, -0.2) is 9.59 Å². The lowest BCUT2D eigenvalue weighted by Crippen LogP contribution is -2.25. The first-order valence-electron chi connectivity index (χ1n) is 11.7. The van der Waals surface area contributed by atoms with E-state index in [0.29, 0.717) is 16.5 Å². The number of nitrogens with zero attached hydrogens (tertiary/aromatic N) is 1. The number of H-pyrrole nitrogens is 1. The van der Waals surface area contributed by atoms with Gasteiger partial charge in [0, 0.05) is 60.3 Å². The summed E-state index contributed by atoms with van der Waals surface area (Å²) >= 11 is 0. The van der Waals surface area contributed by atoms with Crippen molar-refractivity contribution < 1.29 is 13.9 Å². The molecule has 0 aliphatic carbocycles. The van der Waals surface area contributed by atoms with Gasteiger partial charge >= 0.3 is 11.7 Å². The highest BCUT2D eigenvalue weighted by atomic mass is 16.5. The Morgan fingerprint density at radius 2 is 1.86 bits per heavy atom. The second-order valence-electron chi connectivity index (χ2n) is 8.31. The Morgan fingerprint density at radius 1 is 1.06 bits per heavy atom. The molecule has 2 heterocycles. The summed E-state index contributed by atoms with van der Waals surface area (Å²) in [4.78, 5) is 41.6. The number of aromatic amines is 1. The van der Waals surface area contributed by atoms with E-state index in [1.165, 1.54) is 0 Å². The topological polar surface area (TPSA) is 105 Å². The Kier molecular flexibility index (Phi) is 7.19. The summed E-state index contributed by atoms with van der Waals surface area (Å²) in [5, 5.41) is 4.93. The Bertz CT molecular complexity index is 1480. The van der Waals surface area contributed by atoms with Crippen LogP contribution in [-0.4, -0.2) is 30.8 Å². The van der Waals surface area contributed by atoms with Crippen molar-refractivity contribution in [3.63, 3.8) is 0 Å². The standard InChI is InChI=1S/C27H29N3O5/c1-4-30(5-2)20-8-9-21-17(3)22(26(32)35-24(21)15-20)11-13-34-27(33)29-16-18-6-7-19-10-12-28-25(31)23(19)14-18/h6-10,12,14-15H,4-5,11,13,16H2,1-3H3,(H,28,31)(H,29,33). The number of nitrogens with one attached hydrogen (secondary N) is 2. The van der Waals surface area contributed by atoms with Gasteiger partial charge in [-0.05, 0) is 61.5 Å². The molecule has 182 valence electrons. The van der Waals surface area contributed by atoms with Crippen LogP contribution < -0.4 is 21.4 Å². The summed E-state index contributed by atoms with van der Waals surface area (Å²) in [6.45, 7) is 8.03. The molecule has 2 N–H and O–H groups in total. The Morgan fingerprint density at radius 3 is 2.63 bits per heavy atom. The van der Waals surface area contributed by atoms with Gasteiger partial charge in [-0.1, -0.05) is 12.1 Å². The Balaban J connectivity index is 1.38. The second-order valence-corrected chi connectivity index (χ2v) is 8.31. The molecule has 4 rings (SSSR count). The highest BCUT2D eigenvalue weighted by Crippen LogP contribution is 2.25. The van der Waals surface area contributed by atoms with E-state index in [0.717, 1.165) is 40.7 Å². The number of anilines is 1. The highest BCUT2D eigenvalue weighted by Gasteiger charge is 2.14. The van der Waals surface area contributed by atoms with E-state index in [2.05, 4.69) is 29.0 Å². The van der Waals surface area contributed by atoms with Gasteiger partial charge < -0.3 is 24.4 Å². The molecule has 8 nitrogen and oxygen atoms in total. The molecule has 4 aromatic rings. The minimum atomic E-state index is -0.598. The zero-order valence-electron chi connectivity index (χ0n) is 20.1. The SMILES string of the molecule is CCN(CC)c1ccc2c(C)c(CCOC(=O)NCc3ccc4cc[nH]c(=O)c4c3)c(=O)oc2c1. The highest BCUT2D eigenvalue weighted by molar-refractivity contribution is 5.84. The summed E-state index contributed by atoms with van der Waals surface area (Å²) in [5.41, 5.74) is 3.06. The first-order chi connectivity index (χ1) is 16.9. The fraction of sp³-hybridized carbons (Fsp3) is 0.296. The van der Waals surface area contributed by atoms with Crippen LogP contribution in [0.1, 0.15) is 30.5 Å². The molecule has 35 heavy (non-hydrogen) atoms. The minimum Gasteiger partial charge on any atom is -0.449 e. The molecule has 2 aromatic carbocycles. The van der Waals surface area contributed by atoms with Crippen molar-refractivity contribution in [3.05, 3.63) is 86.1 Å². The molecule has 2 aromatic heterocycles. The number of aromatic nitrogens is 1. The first-order valence-corrected chi connectivity index (χ1v) is 11.7. The third-order valence-electron chi connectivity index (χ3n) is 6.26. The van der Waals surface area contributed by atoms with Crippen molar-refractivity contribution in [2.45, 2.75) is 33.7 Å². The number of rotatable bonds is 8. The fourth-order valence-electron chi connectivity index (χ4n) is 4.27. The lowest BCUT2D eigenvalue weighted by atomic mass is 10.0. The number of hydrogen-bond acceptors (Lipinski definition) is 6. The summed E-state index contributed by atoms with van der Waals surface area (Å²) in [6, 6.07) is 13.1. The number of alkyl carbamates (subject to hydrolysis) is 1. The predicted octanol–water partition coefficient (Wildman–Crippen LogP) is 4.26.